The summed E-state index contributed by atoms with van der Waals surface area (Å²) in [5, 5.41) is 1.29. The summed E-state index contributed by atoms with van der Waals surface area (Å²) in [5.41, 5.74) is 8.36. The van der Waals surface area contributed by atoms with Gasteiger partial charge in [0, 0.05) is 66.7 Å². The number of benzene rings is 2. The van der Waals surface area contributed by atoms with E-state index >= 15 is 0 Å². The predicted molar refractivity (Wildman–Crippen MR) is 127 cm³/mol. The van der Waals surface area contributed by atoms with Crippen molar-refractivity contribution >= 4 is 10.9 Å². The largest absolute Gasteiger partial charge is 0.354 e. The average Bonchev–Trinajstić information content (AvgIpc) is 3.23. The second-order valence-corrected chi connectivity index (χ2v) is 8.25. The van der Waals surface area contributed by atoms with E-state index in [0.29, 0.717) is 0 Å². The molecule has 1 aliphatic rings. The Labute approximate surface area is 186 Å². The molecule has 3 aromatic heterocycles. The molecular weight excluding hydrogens is 394 g/mol. The Morgan fingerprint density at radius 2 is 1.69 bits per heavy atom. The van der Waals surface area contributed by atoms with Crippen LogP contribution in [0.3, 0.4) is 0 Å². The standard InChI is InChI=1S/C27H23N5/c1-2-6-19(7-3-1)26-23(22-8-4-5-9-25(22)30-26)18-32-15-12-24-21(17-32)16-29-27(31-24)20-10-13-28-14-11-20/h1-11,13-14,16,30H,12,15,17-18H2. The average molecular weight is 418 g/mol. The van der Waals surface area contributed by atoms with Gasteiger partial charge in [0.15, 0.2) is 5.82 Å². The van der Waals surface area contributed by atoms with Crippen LogP contribution < -0.4 is 0 Å². The molecule has 0 amide bonds. The molecule has 0 fully saturated rings. The highest BCUT2D eigenvalue weighted by molar-refractivity contribution is 5.90. The third-order valence-corrected chi connectivity index (χ3v) is 6.21. The Balaban J connectivity index is 1.31. The molecule has 1 N–H and O–H groups in total. The van der Waals surface area contributed by atoms with Gasteiger partial charge in [-0.2, -0.15) is 0 Å². The van der Waals surface area contributed by atoms with E-state index in [0.717, 1.165) is 43.1 Å². The zero-order valence-corrected chi connectivity index (χ0v) is 17.7. The van der Waals surface area contributed by atoms with Crippen molar-refractivity contribution in [3.8, 4) is 22.6 Å². The van der Waals surface area contributed by atoms with Crippen molar-refractivity contribution in [1.29, 1.82) is 0 Å². The maximum absolute atomic E-state index is 4.86. The minimum Gasteiger partial charge on any atom is -0.354 e. The van der Waals surface area contributed by atoms with Gasteiger partial charge in [0.1, 0.15) is 0 Å². The second kappa shape index (κ2) is 8.02. The van der Waals surface area contributed by atoms with Crippen LogP contribution >= 0.6 is 0 Å². The number of pyridine rings is 1. The lowest BCUT2D eigenvalue weighted by atomic mass is 10.0. The topological polar surface area (TPSA) is 57.7 Å². The number of hydrogen-bond donors (Lipinski definition) is 1. The summed E-state index contributed by atoms with van der Waals surface area (Å²) in [4.78, 5) is 19.7. The Morgan fingerprint density at radius 3 is 2.56 bits per heavy atom. The SMILES string of the molecule is c1ccc(-c2[nH]c3ccccc3c2CN2CCc3nc(-c4ccncc4)ncc3C2)cc1. The summed E-state index contributed by atoms with van der Waals surface area (Å²) in [7, 11) is 0. The molecule has 0 aliphatic carbocycles. The Hall–Kier alpha value is -3.83. The molecule has 156 valence electrons. The molecule has 0 bridgehead atoms. The van der Waals surface area contributed by atoms with Crippen molar-refractivity contribution in [2.24, 2.45) is 0 Å². The molecule has 0 radical (unpaired) electrons. The number of aromatic amines is 1. The number of aromatic nitrogens is 4. The lowest BCUT2D eigenvalue weighted by Crippen LogP contribution is -2.31. The first-order chi connectivity index (χ1) is 15.8. The third-order valence-electron chi connectivity index (χ3n) is 6.21. The second-order valence-electron chi connectivity index (χ2n) is 8.25. The molecule has 4 heterocycles. The number of rotatable bonds is 4. The summed E-state index contributed by atoms with van der Waals surface area (Å²) >= 11 is 0. The fourth-order valence-electron chi connectivity index (χ4n) is 4.59. The van der Waals surface area contributed by atoms with Crippen LogP contribution in [0.1, 0.15) is 16.8 Å². The van der Waals surface area contributed by atoms with Gasteiger partial charge >= 0.3 is 0 Å². The molecule has 6 rings (SSSR count). The molecule has 0 spiro atoms. The van der Waals surface area contributed by atoms with Crippen LogP contribution in [0, 0.1) is 0 Å². The molecular formula is C27H23N5. The van der Waals surface area contributed by atoms with Gasteiger partial charge in [0.25, 0.3) is 0 Å². The van der Waals surface area contributed by atoms with Crippen molar-refractivity contribution in [3.63, 3.8) is 0 Å². The first-order valence-electron chi connectivity index (χ1n) is 11.0. The van der Waals surface area contributed by atoms with Gasteiger partial charge < -0.3 is 4.98 Å². The van der Waals surface area contributed by atoms with Gasteiger partial charge in [0.05, 0.1) is 11.4 Å². The van der Waals surface area contributed by atoms with Crippen LogP contribution in [0.4, 0.5) is 0 Å². The van der Waals surface area contributed by atoms with E-state index in [-0.39, 0.29) is 0 Å². The molecule has 0 unspecified atom stereocenters. The Bertz CT molecular complexity index is 1380. The molecule has 0 saturated carbocycles. The molecule has 0 atom stereocenters. The quantitative estimate of drug-likeness (QED) is 0.434. The minimum absolute atomic E-state index is 0.780. The molecule has 5 nitrogen and oxygen atoms in total. The van der Waals surface area contributed by atoms with E-state index in [9.17, 15) is 0 Å². The fourth-order valence-corrected chi connectivity index (χ4v) is 4.59. The van der Waals surface area contributed by atoms with Gasteiger partial charge in [-0.25, -0.2) is 9.97 Å². The smallest absolute Gasteiger partial charge is 0.159 e. The fraction of sp³-hybridized carbons (Fsp3) is 0.148. The zero-order chi connectivity index (χ0) is 21.3. The number of nitrogens with one attached hydrogen (secondary N) is 1. The summed E-state index contributed by atoms with van der Waals surface area (Å²) in [6.45, 7) is 2.73. The monoisotopic (exact) mass is 417 g/mol. The van der Waals surface area contributed by atoms with Crippen LogP contribution in [0.15, 0.2) is 85.3 Å². The highest BCUT2D eigenvalue weighted by Crippen LogP contribution is 2.32. The first kappa shape index (κ1) is 18.9. The van der Waals surface area contributed by atoms with Gasteiger partial charge in [0.2, 0.25) is 0 Å². The summed E-state index contributed by atoms with van der Waals surface area (Å²) in [6.07, 6.45) is 6.49. The number of H-pyrrole nitrogens is 1. The van der Waals surface area contributed by atoms with Crippen LogP contribution in [-0.4, -0.2) is 31.4 Å². The van der Waals surface area contributed by atoms with Crippen LogP contribution in [0.2, 0.25) is 0 Å². The molecule has 32 heavy (non-hydrogen) atoms. The zero-order valence-electron chi connectivity index (χ0n) is 17.7. The van der Waals surface area contributed by atoms with Gasteiger partial charge in [-0.1, -0.05) is 48.5 Å². The lowest BCUT2D eigenvalue weighted by Gasteiger charge is -2.28. The van der Waals surface area contributed by atoms with Crippen molar-refractivity contribution in [2.45, 2.75) is 19.5 Å². The van der Waals surface area contributed by atoms with Crippen LogP contribution in [0.25, 0.3) is 33.5 Å². The van der Waals surface area contributed by atoms with E-state index in [1.165, 1.54) is 33.3 Å². The maximum atomic E-state index is 4.86. The van der Waals surface area contributed by atoms with Crippen LogP contribution in [0.5, 0.6) is 0 Å². The van der Waals surface area contributed by atoms with E-state index in [1.807, 2.05) is 18.3 Å². The lowest BCUT2D eigenvalue weighted by molar-refractivity contribution is 0.244. The van der Waals surface area contributed by atoms with Gasteiger partial charge in [-0.05, 0) is 29.3 Å². The van der Waals surface area contributed by atoms with Crippen molar-refractivity contribution in [2.75, 3.05) is 6.54 Å². The van der Waals surface area contributed by atoms with E-state index in [2.05, 4.69) is 74.4 Å². The normalized spacial score (nSPS) is 13.9. The van der Waals surface area contributed by atoms with E-state index in [1.54, 1.807) is 12.4 Å². The summed E-state index contributed by atoms with van der Waals surface area (Å²) in [6, 6.07) is 23.1. The Kier molecular flexibility index (Phi) is 4.74. The predicted octanol–water partition coefficient (Wildman–Crippen LogP) is 5.25. The third kappa shape index (κ3) is 3.47. The van der Waals surface area contributed by atoms with Gasteiger partial charge in [-0.3, -0.25) is 9.88 Å². The molecule has 5 heteroatoms. The number of para-hydroxylation sites is 1. The highest BCUT2D eigenvalue weighted by atomic mass is 15.1. The van der Waals surface area contributed by atoms with Crippen molar-refractivity contribution in [3.05, 3.63) is 102 Å². The summed E-state index contributed by atoms with van der Waals surface area (Å²) < 4.78 is 0. The number of fused-ring (bicyclic) bond motifs is 2. The number of hydrogen-bond acceptors (Lipinski definition) is 4. The van der Waals surface area contributed by atoms with Gasteiger partial charge in [-0.15, -0.1) is 0 Å². The Morgan fingerprint density at radius 1 is 0.875 bits per heavy atom. The molecule has 2 aromatic carbocycles. The van der Waals surface area contributed by atoms with Crippen LogP contribution in [-0.2, 0) is 19.5 Å². The first-order valence-corrected chi connectivity index (χ1v) is 11.0. The number of nitrogens with zero attached hydrogens (tertiary/aromatic N) is 4. The highest BCUT2D eigenvalue weighted by Gasteiger charge is 2.22. The molecule has 5 aromatic rings. The van der Waals surface area contributed by atoms with E-state index < -0.39 is 0 Å². The van der Waals surface area contributed by atoms with Crippen molar-refractivity contribution < 1.29 is 0 Å². The summed E-state index contributed by atoms with van der Waals surface area (Å²) in [5.74, 6) is 0.780. The van der Waals surface area contributed by atoms with E-state index in [4.69, 9.17) is 4.98 Å². The minimum atomic E-state index is 0.780. The molecule has 0 saturated heterocycles. The molecule has 1 aliphatic heterocycles. The maximum Gasteiger partial charge on any atom is 0.159 e. The van der Waals surface area contributed by atoms with Crippen molar-refractivity contribution in [1.82, 2.24) is 24.8 Å².